The van der Waals surface area contributed by atoms with E-state index in [-0.39, 0.29) is 22.2 Å². The summed E-state index contributed by atoms with van der Waals surface area (Å²) in [6, 6.07) is 8.97. The van der Waals surface area contributed by atoms with Gasteiger partial charge in [0, 0.05) is 47.5 Å². The molecule has 28 heavy (non-hydrogen) atoms. The first kappa shape index (κ1) is 20.2. The number of rotatable bonds is 4. The van der Waals surface area contributed by atoms with Gasteiger partial charge in [0.25, 0.3) is 17.5 Å². The Balaban J connectivity index is 1.76. The number of halogens is 1. The van der Waals surface area contributed by atoms with Crippen molar-refractivity contribution in [3.05, 3.63) is 68.2 Å². The topological polar surface area (TPSA) is 92.6 Å². The van der Waals surface area contributed by atoms with Crippen LogP contribution in [0.3, 0.4) is 0 Å². The van der Waals surface area contributed by atoms with Crippen molar-refractivity contribution in [2.45, 2.75) is 6.92 Å². The number of carbonyl (C=O) groups excluding carboxylic acids is 2. The predicted octanol–water partition coefficient (Wildman–Crippen LogP) is 4.00. The van der Waals surface area contributed by atoms with Gasteiger partial charge in [-0.15, -0.1) is 0 Å². The van der Waals surface area contributed by atoms with E-state index in [1.807, 2.05) is 16.7 Å². The van der Waals surface area contributed by atoms with Crippen LogP contribution in [-0.4, -0.2) is 46.2 Å². The molecule has 0 bridgehead atoms. The lowest BCUT2D eigenvalue weighted by atomic mass is 10.1. The van der Waals surface area contributed by atoms with Crippen LogP contribution in [0, 0.1) is 17.0 Å². The quantitative estimate of drug-likeness (QED) is 0.597. The molecule has 1 saturated heterocycles. The summed E-state index contributed by atoms with van der Waals surface area (Å²) >= 11 is 7.62. The number of carbonyl (C=O) groups is 2. The average molecular weight is 420 g/mol. The Bertz CT molecular complexity index is 945. The molecule has 1 fully saturated rings. The number of anilines is 1. The van der Waals surface area contributed by atoms with Crippen LogP contribution in [-0.2, 0) is 0 Å². The van der Waals surface area contributed by atoms with Gasteiger partial charge < -0.3 is 10.2 Å². The molecular weight excluding hydrogens is 402 g/mol. The number of benzene rings is 2. The molecule has 1 heterocycles. The molecule has 7 nitrogen and oxygen atoms in total. The van der Waals surface area contributed by atoms with E-state index in [0.29, 0.717) is 11.3 Å². The lowest BCUT2D eigenvalue weighted by molar-refractivity contribution is -0.384. The van der Waals surface area contributed by atoms with Gasteiger partial charge in [-0.3, -0.25) is 19.7 Å². The first-order chi connectivity index (χ1) is 13.4. The number of amides is 2. The van der Waals surface area contributed by atoms with Crippen LogP contribution < -0.4 is 5.32 Å². The third-order valence-corrected chi connectivity index (χ3v) is 5.69. The molecule has 0 saturated carbocycles. The second kappa shape index (κ2) is 8.62. The second-order valence-corrected chi connectivity index (χ2v) is 7.94. The Hall–Kier alpha value is -2.58. The maximum absolute atomic E-state index is 12.6. The lowest BCUT2D eigenvalue weighted by Gasteiger charge is -2.26. The number of nitrogens with zero attached hydrogens (tertiary/aromatic N) is 2. The van der Waals surface area contributed by atoms with Gasteiger partial charge in [0.1, 0.15) is 5.02 Å². The Labute approximate surface area is 171 Å². The van der Waals surface area contributed by atoms with Crippen molar-refractivity contribution in [2.24, 2.45) is 0 Å². The Morgan fingerprint density at radius 3 is 2.46 bits per heavy atom. The first-order valence-corrected chi connectivity index (χ1v) is 10.1. The summed E-state index contributed by atoms with van der Waals surface area (Å²) in [5, 5.41) is 13.7. The predicted molar refractivity (Wildman–Crippen MR) is 110 cm³/mol. The summed E-state index contributed by atoms with van der Waals surface area (Å²) < 4.78 is 0. The van der Waals surface area contributed by atoms with E-state index in [2.05, 4.69) is 5.32 Å². The van der Waals surface area contributed by atoms with E-state index in [1.165, 1.54) is 12.1 Å². The van der Waals surface area contributed by atoms with E-state index in [0.717, 1.165) is 36.2 Å². The van der Waals surface area contributed by atoms with Crippen LogP contribution in [0.1, 0.15) is 26.3 Å². The summed E-state index contributed by atoms with van der Waals surface area (Å²) in [7, 11) is 0. The Kier molecular flexibility index (Phi) is 6.21. The highest BCUT2D eigenvalue weighted by Crippen LogP contribution is 2.26. The van der Waals surface area contributed by atoms with Crippen LogP contribution in [0.5, 0.6) is 0 Å². The third kappa shape index (κ3) is 4.45. The number of nitro benzene ring substituents is 1. The van der Waals surface area contributed by atoms with Gasteiger partial charge in [0.2, 0.25) is 0 Å². The molecule has 146 valence electrons. The molecule has 0 spiro atoms. The van der Waals surface area contributed by atoms with Crippen molar-refractivity contribution < 1.29 is 14.5 Å². The number of hydrogen-bond donors (Lipinski definition) is 1. The monoisotopic (exact) mass is 419 g/mol. The molecule has 1 aliphatic rings. The van der Waals surface area contributed by atoms with Crippen LogP contribution in [0.4, 0.5) is 11.4 Å². The molecule has 0 unspecified atom stereocenters. The number of nitro groups is 1. The van der Waals surface area contributed by atoms with Gasteiger partial charge in [-0.1, -0.05) is 11.6 Å². The Morgan fingerprint density at radius 2 is 1.82 bits per heavy atom. The molecule has 2 aromatic carbocycles. The molecule has 9 heteroatoms. The standard InChI is InChI=1S/C19H18ClN3O4S/c1-12-10-14(19(25)22-6-8-28-9-7-22)3-5-16(12)21-18(24)13-2-4-15(20)17(11-13)23(26)27/h2-5,10-11H,6-9H2,1H3,(H,21,24). The molecule has 2 aromatic rings. The van der Waals surface area contributed by atoms with E-state index >= 15 is 0 Å². The van der Waals surface area contributed by atoms with Gasteiger partial charge in [0.05, 0.1) is 4.92 Å². The van der Waals surface area contributed by atoms with Gasteiger partial charge >= 0.3 is 0 Å². The van der Waals surface area contributed by atoms with Crippen LogP contribution in [0.2, 0.25) is 5.02 Å². The van der Waals surface area contributed by atoms with Crippen molar-refractivity contribution in [3.63, 3.8) is 0 Å². The average Bonchev–Trinajstić information content (AvgIpc) is 2.69. The van der Waals surface area contributed by atoms with E-state index in [9.17, 15) is 19.7 Å². The first-order valence-electron chi connectivity index (χ1n) is 8.60. The van der Waals surface area contributed by atoms with Crippen molar-refractivity contribution in [3.8, 4) is 0 Å². The molecule has 1 aliphatic heterocycles. The molecule has 2 amide bonds. The zero-order valence-electron chi connectivity index (χ0n) is 15.1. The molecule has 3 rings (SSSR count). The van der Waals surface area contributed by atoms with Gasteiger partial charge in [-0.25, -0.2) is 0 Å². The maximum atomic E-state index is 12.6. The van der Waals surface area contributed by atoms with Gasteiger partial charge in [-0.05, 0) is 42.8 Å². The van der Waals surface area contributed by atoms with Crippen molar-refractivity contribution >= 4 is 46.6 Å². The van der Waals surface area contributed by atoms with E-state index in [1.54, 1.807) is 25.1 Å². The minimum Gasteiger partial charge on any atom is -0.337 e. The molecule has 0 atom stereocenters. The fourth-order valence-corrected chi connectivity index (χ4v) is 3.96. The van der Waals surface area contributed by atoms with Crippen LogP contribution in [0.25, 0.3) is 0 Å². The van der Waals surface area contributed by atoms with Gasteiger partial charge in [0.15, 0.2) is 0 Å². The Morgan fingerprint density at radius 1 is 1.14 bits per heavy atom. The highest BCUT2D eigenvalue weighted by Gasteiger charge is 2.20. The second-order valence-electron chi connectivity index (χ2n) is 6.31. The number of hydrogen-bond acceptors (Lipinski definition) is 5. The summed E-state index contributed by atoms with van der Waals surface area (Å²) in [6.45, 7) is 3.26. The summed E-state index contributed by atoms with van der Waals surface area (Å²) in [6.07, 6.45) is 0. The highest BCUT2D eigenvalue weighted by atomic mass is 35.5. The molecule has 0 aromatic heterocycles. The van der Waals surface area contributed by atoms with E-state index in [4.69, 9.17) is 11.6 Å². The smallest absolute Gasteiger partial charge is 0.288 e. The maximum Gasteiger partial charge on any atom is 0.288 e. The van der Waals surface area contributed by atoms with Crippen molar-refractivity contribution in [1.82, 2.24) is 4.90 Å². The summed E-state index contributed by atoms with van der Waals surface area (Å²) in [5.74, 6) is 1.36. The zero-order chi connectivity index (χ0) is 20.3. The fourth-order valence-electron chi connectivity index (χ4n) is 2.87. The van der Waals surface area contributed by atoms with Crippen molar-refractivity contribution in [2.75, 3.05) is 29.9 Å². The molecule has 0 aliphatic carbocycles. The molecular formula is C19H18ClN3O4S. The normalized spacial score (nSPS) is 13.9. The van der Waals surface area contributed by atoms with Gasteiger partial charge in [-0.2, -0.15) is 11.8 Å². The van der Waals surface area contributed by atoms with Crippen LogP contribution >= 0.6 is 23.4 Å². The highest BCUT2D eigenvalue weighted by molar-refractivity contribution is 7.99. The number of nitrogens with one attached hydrogen (secondary N) is 1. The largest absolute Gasteiger partial charge is 0.337 e. The number of aryl methyl sites for hydroxylation is 1. The minimum absolute atomic E-state index is 0.0189. The van der Waals surface area contributed by atoms with Crippen LogP contribution in [0.15, 0.2) is 36.4 Å². The van der Waals surface area contributed by atoms with E-state index < -0.39 is 10.8 Å². The van der Waals surface area contributed by atoms with Crippen molar-refractivity contribution in [1.29, 1.82) is 0 Å². The number of thioether (sulfide) groups is 1. The SMILES string of the molecule is Cc1cc(C(=O)N2CCSCC2)ccc1NC(=O)c1ccc(Cl)c([N+](=O)[O-])c1. The minimum atomic E-state index is -0.635. The fraction of sp³-hybridized carbons (Fsp3) is 0.263. The lowest BCUT2D eigenvalue weighted by Crippen LogP contribution is -2.37. The zero-order valence-corrected chi connectivity index (χ0v) is 16.7. The third-order valence-electron chi connectivity index (χ3n) is 4.42. The molecule has 0 radical (unpaired) electrons. The summed E-state index contributed by atoms with van der Waals surface area (Å²) in [5.41, 5.74) is 1.64. The molecule has 1 N–H and O–H groups in total. The summed E-state index contributed by atoms with van der Waals surface area (Å²) in [4.78, 5) is 37.2.